The van der Waals surface area contributed by atoms with Crippen molar-refractivity contribution in [1.82, 2.24) is 10.8 Å². The van der Waals surface area contributed by atoms with Gasteiger partial charge in [0.15, 0.2) is 0 Å². The lowest BCUT2D eigenvalue weighted by Crippen LogP contribution is -2.30. The van der Waals surface area contributed by atoms with Crippen LogP contribution in [0.3, 0.4) is 0 Å². The van der Waals surface area contributed by atoms with E-state index >= 15 is 0 Å². The molecule has 8 heteroatoms. The molecule has 8 nitrogen and oxygen atoms in total. The molecule has 2 aromatic carbocycles. The lowest BCUT2D eigenvalue weighted by Gasteiger charge is -2.15. The number of unbranched alkanes of at least 4 members (excludes halogenated alkanes) is 3. The van der Waals surface area contributed by atoms with Gasteiger partial charge < -0.3 is 15.7 Å². The van der Waals surface area contributed by atoms with Crippen LogP contribution in [0.15, 0.2) is 54.6 Å². The molecule has 172 valence electrons. The largest absolute Gasteiger partial charge is 0.480 e. The maximum Gasteiger partial charge on any atom is 0.325 e. The lowest BCUT2D eigenvalue weighted by atomic mass is 10.1. The van der Waals surface area contributed by atoms with Gasteiger partial charge in [0.2, 0.25) is 11.8 Å². The summed E-state index contributed by atoms with van der Waals surface area (Å²) in [6.45, 7) is 0.484. The van der Waals surface area contributed by atoms with E-state index < -0.39 is 17.9 Å². The van der Waals surface area contributed by atoms with Crippen LogP contribution in [-0.2, 0) is 20.8 Å². The second kappa shape index (κ2) is 14.0. The van der Waals surface area contributed by atoms with Gasteiger partial charge in [-0.25, -0.2) is 5.48 Å². The van der Waals surface area contributed by atoms with Gasteiger partial charge in [0.25, 0.3) is 0 Å². The van der Waals surface area contributed by atoms with Crippen molar-refractivity contribution < 1.29 is 24.7 Å². The number of benzene rings is 2. The number of hydrogen-bond donors (Lipinski definition) is 5. The molecular weight excluding hydrogens is 410 g/mol. The molecule has 0 aliphatic heterocycles. The molecule has 32 heavy (non-hydrogen) atoms. The Hall–Kier alpha value is -3.23. The molecule has 2 amide bonds. The first-order valence-electron chi connectivity index (χ1n) is 10.8. The minimum Gasteiger partial charge on any atom is -0.480 e. The second-order valence-corrected chi connectivity index (χ2v) is 7.58. The molecule has 0 fully saturated rings. The van der Waals surface area contributed by atoms with E-state index in [-0.39, 0.29) is 12.3 Å². The van der Waals surface area contributed by atoms with E-state index in [0.717, 1.165) is 24.8 Å². The van der Waals surface area contributed by atoms with Crippen LogP contribution < -0.4 is 16.1 Å². The number of anilines is 1. The summed E-state index contributed by atoms with van der Waals surface area (Å²) >= 11 is 0. The number of carboxylic acids is 1. The van der Waals surface area contributed by atoms with E-state index in [4.69, 9.17) is 5.21 Å². The van der Waals surface area contributed by atoms with Crippen molar-refractivity contribution in [1.29, 1.82) is 0 Å². The minimum absolute atomic E-state index is 0.0663. The molecule has 0 radical (unpaired) electrons. The van der Waals surface area contributed by atoms with Crippen LogP contribution in [0.4, 0.5) is 5.69 Å². The first-order valence-corrected chi connectivity index (χ1v) is 10.8. The molecule has 0 bridgehead atoms. The Morgan fingerprint density at radius 2 is 1.53 bits per heavy atom. The third kappa shape index (κ3) is 9.28. The second-order valence-electron chi connectivity index (χ2n) is 7.58. The van der Waals surface area contributed by atoms with Crippen LogP contribution in [0.2, 0.25) is 0 Å². The number of amides is 2. The normalized spacial score (nSPS) is 11.5. The van der Waals surface area contributed by atoms with E-state index in [9.17, 15) is 19.5 Å². The predicted molar refractivity (Wildman–Crippen MR) is 121 cm³/mol. The number of nitrogens with one attached hydrogen (secondary N) is 3. The van der Waals surface area contributed by atoms with Gasteiger partial charge in [0, 0.05) is 25.1 Å². The van der Waals surface area contributed by atoms with Crippen LogP contribution in [0.1, 0.15) is 55.7 Å². The van der Waals surface area contributed by atoms with Crippen molar-refractivity contribution in [3.05, 3.63) is 65.7 Å². The average Bonchev–Trinajstić information content (AvgIpc) is 2.79. The zero-order valence-electron chi connectivity index (χ0n) is 18.0. The Labute approximate surface area is 188 Å². The third-order valence-electron chi connectivity index (χ3n) is 5.04. The number of hydrogen-bond acceptors (Lipinski definition) is 5. The van der Waals surface area contributed by atoms with Crippen molar-refractivity contribution in [3.63, 3.8) is 0 Å². The van der Waals surface area contributed by atoms with E-state index in [0.29, 0.717) is 37.1 Å². The lowest BCUT2D eigenvalue weighted by molar-refractivity contribution is -0.139. The number of carbonyl (C=O) groups is 3. The Morgan fingerprint density at radius 1 is 0.844 bits per heavy atom. The maximum atomic E-state index is 12.2. The zero-order valence-corrected chi connectivity index (χ0v) is 18.0. The monoisotopic (exact) mass is 441 g/mol. The van der Waals surface area contributed by atoms with Gasteiger partial charge in [-0.1, -0.05) is 55.3 Å². The van der Waals surface area contributed by atoms with Crippen molar-refractivity contribution in [3.8, 4) is 0 Å². The average molecular weight is 442 g/mol. The Morgan fingerprint density at radius 3 is 2.19 bits per heavy atom. The van der Waals surface area contributed by atoms with Crippen LogP contribution in [0.25, 0.3) is 0 Å². The fourth-order valence-corrected chi connectivity index (χ4v) is 3.36. The van der Waals surface area contributed by atoms with Gasteiger partial charge in [-0.2, -0.15) is 0 Å². The van der Waals surface area contributed by atoms with E-state index in [1.165, 1.54) is 0 Å². The number of hydroxylamine groups is 1. The van der Waals surface area contributed by atoms with Gasteiger partial charge in [0.1, 0.15) is 6.04 Å². The summed E-state index contributed by atoms with van der Waals surface area (Å²) in [5.74, 6) is -1.38. The summed E-state index contributed by atoms with van der Waals surface area (Å²) in [5.41, 5.74) is 4.02. The van der Waals surface area contributed by atoms with Crippen LogP contribution in [0.5, 0.6) is 0 Å². The van der Waals surface area contributed by atoms with Gasteiger partial charge in [0.05, 0.1) is 0 Å². The molecule has 0 saturated carbocycles. The molecule has 2 aromatic rings. The summed E-state index contributed by atoms with van der Waals surface area (Å²) in [4.78, 5) is 34.7. The van der Waals surface area contributed by atoms with Crippen LogP contribution >= 0.6 is 0 Å². The summed E-state index contributed by atoms with van der Waals surface area (Å²) in [6, 6.07) is 15.8. The molecule has 5 N–H and O–H groups in total. The number of aliphatic carboxylic acids is 1. The molecule has 0 aromatic heterocycles. The van der Waals surface area contributed by atoms with Crippen LogP contribution in [0, 0.1) is 0 Å². The van der Waals surface area contributed by atoms with E-state index in [2.05, 4.69) is 10.6 Å². The standard InChI is InChI=1S/C24H31N3O5/c28-21(13-6-1-2-7-14-22(29)27-32)26-20-12-8-9-18(17-20)15-16-25-23(24(30)31)19-10-4-3-5-11-19/h3-5,8-12,17,23,25,32H,1-2,6-7,13-16H2,(H,26,28)(H,27,29)(H,30,31)/t23-/m0/s1. The van der Waals surface area contributed by atoms with E-state index in [1.54, 1.807) is 17.6 Å². The third-order valence-corrected chi connectivity index (χ3v) is 5.04. The number of carboxylic acid groups (broad SMARTS) is 1. The first kappa shape index (κ1) is 25.0. The van der Waals surface area contributed by atoms with Crippen molar-refractivity contribution in [2.24, 2.45) is 0 Å². The molecule has 1 atom stereocenters. The summed E-state index contributed by atoms with van der Waals surface area (Å²) in [5, 5.41) is 23.9. The highest BCUT2D eigenvalue weighted by molar-refractivity contribution is 5.90. The Kier molecular flexibility index (Phi) is 10.9. The van der Waals surface area contributed by atoms with Crippen molar-refractivity contribution in [2.45, 2.75) is 51.0 Å². The molecule has 0 saturated heterocycles. The minimum atomic E-state index is -0.922. The highest BCUT2D eigenvalue weighted by atomic mass is 16.5. The molecule has 0 heterocycles. The Balaban J connectivity index is 1.73. The molecule has 0 aliphatic carbocycles. The first-order chi connectivity index (χ1) is 15.5. The zero-order chi connectivity index (χ0) is 23.2. The SMILES string of the molecule is O=C(CCCCCCC(=O)Nc1cccc(CCN[C@H](C(=O)O)c2ccccc2)c1)NO. The maximum absolute atomic E-state index is 12.2. The van der Waals surface area contributed by atoms with Gasteiger partial charge in [-0.15, -0.1) is 0 Å². The smallest absolute Gasteiger partial charge is 0.325 e. The number of carbonyl (C=O) groups excluding carboxylic acids is 2. The molecule has 2 rings (SSSR count). The topological polar surface area (TPSA) is 128 Å². The predicted octanol–water partition coefficient (Wildman–Crippen LogP) is 3.43. The van der Waals surface area contributed by atoms with Gasteiger partial charge in [-0.3, -0.25) is 19.6 Å². The summed E-state index contributed by atoms with van der Waals surface area (Å²) < 4.78 is 0. The van der Waals surface area contributed by atoms with Crippen molar-refractivity contribution >= 4 is 23.5 Å². The number of rotatable bonds is 14. The summed E-state index contributed by atoms with van der Waals surface area (Å²) in [7, 11) is 0. The summed E-state index contributed by atoms with van der Waals surface area (Å²) in [6.07, 6.45) is 4.37. The molecular formula is C24H31N3O5. The van der Waals surface area contributed by atoms with Gasteiger partial charge >= 0.3 is 5.97 Å². The molecule has 0 spiro atoms. The van der Waals surface area contributed by atoms with E-state index in [1.807, 2.05) is 42.5 Å². The van der Waals surface area contributed by atoms with Gasteiger partial charge in [-0.05, 0) is 42.5 Å². The molecule has 0 unspecified atom stereocenters. The Bertz CT molecular complexity index is 873. The highest BCUT2D eigenvalue weighted by Gasteiger charge is 2.18. The quantitative estimate of drug-likeness (QED) is 0.174. The van der Waals surface area contributed by atoms with Crippen LogP contribution in [-0.4, -0.2) is 34.6 Å². The fourth-order valence-electron chi connectivity index (χ4n) is 3.36. The molecule has 0 aliphatic rings. The highest BCUT2D eigenvalue weighted by Crippen LogP contribution is 2.15. The fraction of sp³-hybridized carbons (Fsp3) is 0.375. The van der Waals surface area contributed by atoms with Crippen molar-refractivity contribution in [2.75, 3.05) is 11.9 Å².